The van der Waals surface area contributed by atoms with E-state index in [2.05, 4.69) is 0 Å². The highest BCUT2D eigenvalue weighted by atomic mass is 32.2. The molecule has 122 valence electrons. The third kappa shape index (κ3) is 4.13. The normalized spacial score (nSPS) is 17.8. The summed E-state index contributed by atoms with van der Waals surface area (Å²) in [5.41, 5.74) is 0.268. The van der Waals surface area contributed by atoms with Crippen molar-refractivity contribution in [2.45, 2.75) is 12.5 Å². The first kappa shape index (κ1) is 18.0. The lowest BCUT2D eigenvalue weighted by atomic mass is 10.1. The summed E-state index contributed by atoms with van der Waals surface area (Å²) in [7, 11) is 0. The molecule has 0 bridgehead atoms. The lowest BCUT2D eigenvalue weighted by Crippen LogP contribution is -2.44. The zero-order chi connectivity index (χ0) is 17.0. The Hall–Kier alpha value is -1.38. The quantitative estimate of drug-likeness (QED) is 0.612. The van der Waals surface area contributed by atoms with E-state index in [4.69, 9.17) is 12.2 Å². The van der Waals surface area contributed by atoms with Crippen LogP contribution >= 0.6 is 35.7 Å². The van der Waals surface area contributed by atoms with Crippen molar-refractivity contribution < 1.29 is 19.1 Å². The van der Waals surface area contributed by atoms with Gasteiger partial charge in [-0.15, -0.1) is 0 Å². The summed E-state index contributed by atoms with van der Waals surface area (Å²) in [6.07, 6.45) is 3.57. The van der Waals surface area contributed by atoms with E-state index in [0.29, 0.717) is 12.2 Å². The van der Waals surface area contributed by atoms with Crippen molar-refractivity contribution in [2.75, 3.05) is 12.0 Å². The number of carbonyl (C=O) groups excluding carboxylic acids is 1. The molecule has 1 aromatic rings. The Balaban J connectivity index is 2.29. The standard InChI is InChI=1S/C15H14FNO3S3/c1-22-7-6-11(14(19)20)17-13(18)12(23-15(17)21)8-9-4-2-3-5-10(9)16/h2-5,8,11H,6-7H2,1H3,(H,19,20)/b12-8+/t11-/m0/s1. The van der Waals surface area contributed by atoms with Gasteiger partial charge in [-0.3, -0.25) is 9.69 Å². The highest BCUT2D eigenvalue weighted by Gasteiger charge is 2.40. The highest BCUT2D eigenvalue weighted by Crippen LogP contribution is 2.35. The number of nitrogens with zero attached hydrogens (tertiary/aromatic N) is 1. The first-order chi connectivity index (χ1) is 11.0. The molecule has 0 saturated carbocycles. The van der Waals surface area contributed by atoms with Crippen LogP contribution in [0.15, 0.2) is 29.2 Å². The van der Waals surface area contributed by atoms with Gasteiger partial charge in [0.25, 0.3) is 5.91 Å². The van der Waals surface area contributed by atoms with Crippen molar-refractivity contribution in [3.8, 4) is 0 Å². The van der Waals surface area contributed by atoms with Crippen molar-refractivity contribution >= 4 is 58.0 Å². The molecule has 23 heavy (non-hydrogen) atoms. The number of carboxylic acid groups (broad SMARTS) is 1. The van der Waals surface area contributed by atoms with Gasteiger partial charge in [-0.25, -0.2) is 9.18 Å². The first-order valence-corrected chi connectivity index (χ1v) is 9.31. The maximum atomic E-state index is 13.7. The number of benzene rings is 1. The van der Waals surface area contributed by atoms with Crippen LogP contribution in [0.1, 0.15) is 12.0 Å². The summed E-state index contributed by atoms with van der Waals surface area (Å²) < 4.78 is 13.9. The van der Waals surface area contributed by atoms with E-state index in [0.717, 1.165) is 16.7 Å². The lowest BCUT2D eigenvalue weighted by molar-refractivity contribution is -0.145. The molecule has 1 aliphatic rings. The largest absolute Gasteiger partial charge is 0.480 e. The van der Waals surface area contributed by atoms with E-state index in [1.54, 1.807) is 18.2 Å². The van der Waals surface area contributed by atoms with E-state index in [1.165, 1.54) is 23.9 Å². The molecule has 0 aromatic heterocycles. The fourth-order valence-electron chi connectivity index (χ4n) is 2.07. The highest BCUT2D eigenvalue weighted by molar-refractivity contribution is 8.26. The number of aliphatic carboxylic acids is 1. The van der Waals surface area contributed by atoms with Crippen LogP contribution in [0.3, 0.4) is 0 Å². The van der Waals surface area contributed by atoms with Crippen molar-refractivity contribution in [3.63, 3.8) is 0 Å². The predicted octanol–water partition coefficient (Wildman–Crippen LogP) is 3.23. The summed E-state index contributed by atoms with van der Waals surface area (Å²) in [5, 5.41) is 9.36. The molecule has 2 rings (SSSR count). The molecule has 1 heterocycles. The van der Waals surface area contributed by atoms with Crippen LogP contribution in [0.5, 0.6) is 0 Å². The molecule has 0 radical (unpaired) electrons. The summed E-state index contributed by atoms with van der Waals surface area (Å²) >= 11 is 7.65. The molecular weight excluding hydrogens is 357 g/mol. The number of carbonyl (C=O) groups is 2. The van der Waals surface area contributed by atoms with Crippen LogP contribution in [0, 0.1) is 5.82 Å². The van der Waals surface area contributed by atoms with E-state index in [1.807, 2.05) is 6.26 Å². The van der Waals surface area contributed by atoms with Gasteiger partial charge in [0, 0.05) is 5.56 Å². The first-order valence-electron chi connectivity index (χ1n) is 6.69. The zero-order valence-electron chi connectivity index (χ0n) is 12.2. The summed E-state index contributed by atoms with van der Waals surface area (Å²) in [6.45, 7) is 0. The zero-order valence-corrected chi connectivity index (χ0v) is 14.6. The van der Waals surface area contributed by atoms with Crippen LogP contribution in [-0.2, 0) is 9.59 Å². The molecule has 4 nitrogen and oxygen atoms in total. The molecule has 0 aliphatic carbocycles. The summed E-state index contributed by atoms with van der Waals surface area (Å²) in [5.74, 6) is -1.44. The minimum Gasteiger partial charge on any atom is -0.480 e. The number of hydrogen-bond acceptors (Lipinski definition) is 5. The molecule has 1 amide bonds. The van der Waals surface area contributed by atoms with E-state index in [9.17, 15) is 19.1 Å². The second-order valence-electron chi connectivity index (χ2n) is 4.71. The Morgan fingerprint density at radius 2 is 2.22 bits per heavy atom. The van der Waals surface area contributed by atoms with Crippen molar-refractivity contribution in [1.82, 2.24) is 4.90 Å². The Morgan fingerprint density at radius 3 is 2.83 bits per heavy atom. The molecule has 1 fully saturated rings. The van der Waals surface area contributed by atoms with Gasteiger partial charge in [-0.1, -0.05) is 42.2 Å². The molecule has 1 aliphatic heterocycles. The Bertz CT molecular complexity index is 678. The number of thioether (sulfide) groups is 2. The van der Waals surface area contributed by atoms with Gasteiger partial charge >= 0.3 is 5.97 Å². The molecule has 0 unspecified atom stereocenters. The van der Waals surface area contributed by atoms with E-state index >= 15 is 0 Å². The molecule has 1 aromatic carbocycles. The minimum atomic E-state index is -1.09. The molecule has 0 spiro atoms. The molecular formula is C15H14FNO3S3. The third-order valence-corrected chi connectivity index (χ3v) is 5.18. The van der Waals surface area contributed by atoms with Crippen molar-refractivity contribution in [3.05, 3.63) is 40.6 Å². The van der Waals surface area contributed by atoms with Crippen LogP contribution < -0.4 is 0 Å². The van der Waals surface area contributed by atoms with E-state index < -0.39 is 23.7 Å². The summed E-state index contributed by atoms with van der Waals surface area (Å²) in [6, 6.07) is 5.06. The Kier molecular flexibility index (Phi) is 6.20. The number of halogens is 1. The van der Waals surface area contributed by atoms with Gasteiger partial charge in [0.1, 0.15) is 16.2 Å². The molecule has 1 atom stereocenters. The number of hydrogen-bond donors (Lipinski definition) is 1. The lowest BCUT2D eigenvalue weighted by Gasteiger charge is -2.22. The number of rotatable bonds is 6. The molecule has 1 N–H and O–H groups in total. The average Bonchev–Trinajstić information content (AvgIpc) is 2.77. The fraction of sp³-hybridized carbons (Fsp3) is 0.267. The van der Waals surface area contributed by atoms with Crippen LogP contribution in [0.2, 0.25) is 0 Å². The van der Waals surface area contributed by atoms with Gasteiger partial charge in [-0.2, -0.15) is 11.8 Å². The second-order valence-corrected chi connectivity index (χ2v) is 7.37. The van der Waals surface area contributed by atoms with Gasteiger partial charge < -0.3 is 5.11 Å². The second kappa shape index (κ2) is 7.94. The van der Waals surface area contributed by atoms with Gasteiger partial charge in [0.2, 0.25) is 0 Å². The number of thiocarbonyl (C=S) groups is 1. The van der Waals surface area contributed by atoms with Crippen LogP contribution in [0.25, 0.3) is 6.08 Å². The Labute approximate surface area is 147 Å². The predicted molar refractivity (Wildman–Crippen MR) is 95.8 cm³/mol. The summed E-state index contributed by atoms with van der Waals surface area (Å²) in [4.78, 5) is 25.3. The Morgan fingerprint density at radius 1 is 1.52 bits per heavy atom. The van der Waals surface area contributed by atoms with Gasteiger partial charge in [0.15, 0.2) is 0 Å². The van der Waals surface area contributed by atoms with Crippen LogP contribution in [0.4, 0.5) is 4.39 Å². The fourth-order valence-corrected chi connectivity index (χ4v) is 3.88. The molecule has 1 saturated heterocycles. The number of amides is 1. The van der Waals surface area contributed by atoms with Crippen molar-refractivity contribution in [2.24, 2.45) is 0 Å². The monoisotopic (exact) mass is 371 g/mol. The topological polar surface area (TPSA) is 57.6 Å². The minimum absolute atomic E-state index is 0.186. The van der Waals surface area contributed by atoms with Crippen LogP contribution in [-0.4, -0.2) is 44.3 Å². The number of carboxylic acids is 1. The smallest absolute Gasteiger partial charge is 0.326 e. The van der Waals surface area contributed by atoms with E-state index in [-0.39, 0.29) is 14.8 Å². The van der Waals surface area contributed by atoms with Gasteiger partial charge in [-0.05, 0) is 30.6 Å². The average molecular weight is 371 g/mol. The van der Waals surface area contributed by atoms with Crippen molar-refractivity contribution in [1.29, 1.82) is 0 Å². The van der Waals surface area contributed by atoms with Gasteiger partial charge in [0.05, 0.1) is 4.91 Å². The SMILES string of the molecule is CSCC[C@@H](C(=O)O)N1C(=O)/C(=C\c2ccccc2F)SC1=S. The maximum absolute atomic E-state index is 13.7. The molecule has 8 heteroatoms. The maximum Gasteiger partial charge on any atom is 0.326 e. The third-order valence-electron chi connectivity index (χ3n) is 3.21.